The summed E-state index contributed by atoms with van der Waals surface area (Å²) in [6.07, 6.45) is 4.51. The molecule has 0 atom stereocenters. The van der Waals surface area contributed by atoms with Crippen LogP contribution in [0.25, 0.3) is 0 Å². The van der Waals surface area contributed by atoms with Gasteiger partial charge >= 0.3 is 0 Å². The van der Waals surface area contributed by atoms with Gasteiger partial charge < -0.3 is 15.4 Å². The molecule has 1 aromatic carbocycles. The predicted octanol–water partition coefficient (Wildman–Crippen LogP) is 3.07. The first kappa shape index (κ1) is 19.4. The summed E-state index contributed by atoms with van der Waals surface area (Å²) < 4.78 is 18.8. The topological polar surface area (TPSA) is 45.7 Å². The highest BCUT2D eigenvalue weighted by atomic mass is 127. The highest BCUT2D eigenvalue weighted by Crippen LogP contribution is 2.34. The molecule has 0 unspecified atom stereocenters. The van der Waals surface area contributed by atoms with Crippen LogP contribution in [0.3, 0.4) is 0 Å². The molecule has 0 spiro atoms. The summed E-state index contributed by atoms with van der Waals surface area (Å²) in [5, 5.41) is 6.86. The van der Waals surface area contributed by atoms with Crippen LogP contribution < -0.4 is 10.6 Å². The van der Waals surface area contributed by atoms with Crippen molar-refractivity contribution in [3.05, 3.63) is 35.6 Å². The lowest BCUT2D eigenvalue weighted by Gasteiger charge is -2.38. The normalized spacial score (nSPS) is 20.2. The molecular formula is C18H27FIN3O. The van der Waals surface area contributed by atoms with Crippen LogP contribution in [0.5, 0.6) is 0 Å². The minimum Gasteiger partial charge on any atom is -0.381 e. The van der Waals surface area contributed by atoms with Gasteiger partial charge in [0.25, 0.3) is 0 Å². The van der Waals surface area contributed by atoms with Crippen molar-refractivity contribution in [1.82, 2.24) is 10.6 Å². The van der Waals surface area contributed by atoms with Crippen LogP contribution in [-0.4, -0.2) is 39.3 Å². The van der Waals surface area contributed by atoms with Crippen LogP contribution in [0.4, 0.5) is 4.39 Å². The Balaban J connectivity index is 0.00000208. The first-order valence-electron chi connectivity index (χ1n) is 8.50. The van der Waals surface area contributed by atoms with Crippen molar-refractivity contribution < 1.29 is 9.13 Å². The second-order valence-corrected chi connectivity index (χ2v) is 6.65. The van der Waals surface area contributed by atoms with Crippen molar-refractivity contribution in [2.75, 3.05) is 33.4 Å². The van der Waals surface area contributed by atoms with Crippen molar-refractivity contribution in [1.29, 1.82) is 0 Å². The average Bonchev–Trinajstić information content (AvgIpc) is 3.41. The smallest absolute Gasteiger partial charge is 0.191 e. The van der Waals surface area contributed by atoms with Crippen LogP contribution in [0.15, 0.2) is 29.3 Å². The van der Waals surface area contributed by atoms with Gasteiger partial charge in [0, 0.05) is 38.8 Å². The van der Waals surface area contributed by atoms with Crippen LogP contribution in [-0.2, 0) is 10.2 Å². The number of nitrogens with zero attached hydrogens (tertiary/aromatic N) is 1. The van der Waals surface area contributed by atoms with Crippen LogP contribution in [0.2, 0.25) is 0 Å². The van der Waals surface area contributed by atoms with Crippen molar-refractivity contribution in [3.8, 4) is 0 Å². The van der Waals surface area contributed by atoms with Gasteiger partial charge in [-0.1, -0.05) is 12.1 Å². The SMILES string of the molecule is CN=C(NCC1CC1)NCC1(c2ccc(F)cc2)CCOCC1.I. The molecular weight excluding hydrogens is 420 g/mol. The molecule has 24 heavy (non-hydrogen) atoms. The van der Waals surface area contributed by atoms with Gasteiger partial charge in [-0.3, -0.25) is 4.99 Å². The fraction of sp³-hybridized carbons (Fsp3) is 0.611. The first-order valence-corrected chi connectivity index (χ1v) is 8.50. The lowest BCUT2D eigenvalue weighted by atomic mass is 9.74. The highest BCUT2D eigenvalue weighted by Gasteiger charge is 2.34. The number of halogens is 2. The maximum absolute atomic E-state index is 13.3. The van der Waals surface area contributed by atoms with Gasteiger partial charge in [-0.05, 0) is 49.3 Å². The van der Waals surface area contributed by atoms with Crippen molar-refractivity contribution in [2.24, 2.45) is 10.9 Å². The van der Waals surface area contributed by atoms with E-state index in [1.165, 1.54) is 18.4 Å². The third-order valence-corrected chi connectivity index (χ3v) is 4.98. The number of rotatable bonds is 5. The summed E-state index contributed by atoms with van der Waals surface area (Å²) in [6.45, 7) is 3.26. The molecule has 0 radical (unpaired) electrons. The van der Waals surface area contributed by atoms with E-state index in [2.05, 4.69) is 15.6 Å². The van der Waals surface area contributed by atoms with E-state index in [0.717, 1.165) is 51.0 Å². The van der Waals surface area contributed by atoms with Crippen LogP contribution >= 0.6 is 24.0 Å². The van der Waals surface area contributed by atoms with E-state index in [4.69, 9.17) is 4.74 Å². The zero-order valence-electron chi connectivity index (χ0n) is 14.2. The van der Waals surface area contributed by atoms with E-state index in [-0.39, 0.29) is 35.2 Å². The number of benzene rings is 1. The van der Waals surface area contributed by atoms with E-state index >= 15 is 0 Å². The molecule has 4 nitrogen and oxygen atoms in total. The molecule has 2 fully saturated rings. The third-order valence-electron chi connectivity index (χ3n) is 4.98. The Morgan fingerprint density at radius 1 is 1.21 bits per heavy atom. The van der Waals surface area contributed by atoms with Crippen LogP contribution in [0.1, 0.15) is 31.2 Å². The van der Waals surface area contributed by atoms with Gasteiger partial charge in [-0.25, -0.2) is 4.39 Å². The largest absolute Gasteiger partial charge is 0.381 e. The summed E-state index contributed by atoms with van der Waals surface area (Å²) in [6, 6.07) is 6.91. The van der Waals surface area contributed by atoms with E-state index in [1.807, 2.05) is 12.1 Å². The van der Waals surface area contributed by atoms with Gasteiger partial charge in [-0.2, -0.15) is 0 Å². The Hall–Kier alpha value is -0.890. The second-order valence-electron chi connectivity index (χ2n) is 6.65. The zero-order chi connectivity index (χ0) is 16.1. The maximum Gasteiger partial charge on any atom is 0.191 e. The van der Waals surface area contributed by atoms with Crippen LogP contribution in [0, 0.1) is 11.7 Å². The minimum atomic E-state index is -0.189. The predicted molar refractivity (Wildman–Crippen MR) is 106 cm³/mol. The molecule has 2 aliphatic rings. The third kappa shape index (κ3) is 5.05. The number of ether oxygens (including phenoxy) is 1. The van der Waals surface area contributed by atoms with Crippen molar-refractivity contribution in [2.45, 2.75) is 31.1 Å². The molecule has 1 saturated heterocycles. The summed E-state index contributed by atoms with van der Waals surface area (Å²) in [4.78, 5) is 4.31. The monoisotopic (exact) mass is 447 g/mol. The summed E-state index contributed by atoms with van der Waals surface area (Å²) in [5.41, 5.74) is 1.15. The summed E-state index contributed by atoms with van der Waals surface area (Å²) >= 11 is 0. The Morgan fingerprint density at radius 3 is 2.46 bits per heavy atom. The number of aliphatic imine (C=N–C) groups is 1. The molecule has 0 aromatic heterocycles. The van der Waals surface area contributed by atoms with Crippen molar-refractivity contribution >= 4 is 29.9 Å². The van der Waals surface area contributed by atoms with Gasteiger partial charge in [-0.15, -0.1) is 24.0 Å². The van der Waals surface area contributed by atoms with Crippen molar-refractivity contribution in [3.63, 3.8) is 0 Å². The average molecular weight is 447 g/mol. The molecule has 1 aromatic rings. The molecule has 0 bridgehead atoms. The van der Waals surface area contributed by atoms with E-state index < -0.39 is 0 Å². The van der Waals surface area contributed by atoms with Gasteiger partial charge in [0.2, 0.25) is 0 Å². The Labute approximate surface area is 160 Å². The highest BCUT2D eigenvalue weighted by molar-refractivity contribution is 14.0. The number of hydrogen-bond acceptors (Lipinski definition) is 2. The number of hydrogen-bond donors (Lipinski definition) is 2. The Morgan fingerprint density at radius 2 is 1.88 bits per heavy atom. The Kier molecular flexibility index (Phi) is 7.28. The van der Waals surface area contributed by atoms with E-state index in [1.54, 1.807) is 19.2 Å². The maximum atomic E-state index is 13.3. The fourth-order valence-corrected chi connectivity index (χ4v) is 3.17. The van der Waals surface area contributed by atoms with E-state index in [0.29, 0.717) is 0 Å². The first-order chi connectivity index (χ1) is 11.2. The molecule has 3 rings (SSSR count). The number of nitrogens with one attached hydrogen (secondary N) is 2. The fourth-order valence-electron chi connectivity index (χ4n) is 3.17. The summed E-state index contributed by atoms with van der Waals surface area (Å²) in [5.74, 6) is 1.47. The molecule has 6 heteroatoms. The molecule has 2 N–H and O–H groups in total. The molecule has 134 valence electrons. The zero-order valence-corrected chi connectivity index (χ0v) is 16.5. The lowest BCUT2D eigenvalue weighted by Crippen LogP contribution is -2.48. The molecule has 0 amide bonds. The Bertz CT molecular complexity index is 540. The molecule has 1 aliphatic heterocycles. The molecule has 1 aliphatic carbocycles. The van der Waals surface area contributed by atoms with Gasteiger partial charge in [0.05, 0.1) is 0 Å². The molecule has 1 heterocycles. The summed E-state index contributed by atoms with van der Waals surface area (Å²) in [7, 11) is 1.80. The standard InChI is InChI=1S/C18H26FN3O.HI/c1-20-17(21-12-14-2-3-14)22-13-18(8-10-23-11-9-18)15-4-6-16(19)7-5-15;/h4-7,14H,2-3,8-13H2,1H3,(H2,20,21,22);1H. The van der Waals surface area contributed by atoms with Gasteiger partial charge in [0.1, 0.15) is 5.82 Å². The molecule has 1 saturated carbocycles. The second kappa shape index (κ2) is 8.99. The number of guanidine groups is 1. The quantitative estimate of drug-likeness (QED) is 0.415. The lowest BCUT2D eigenvalue weighted by molar-refractivity contribution is 0.0513. The minimum absolute atomic E-state index is 0. The van der Waals surface area contributed by atoms with Gasteiger partial charge in [0.15, 0.2) is 5.96 Å². The van der Waals surface area contributed by atoms with E-state index in [9.17, 15) is 4.39 Å².